The van der Waals surface area contributed by atoms with Crippen LogP contribution in [0.2, 0.25) is 0 Å². The zero-order valence-corrected chi connectivity index (χ0v) is 16.1. The fraction of sp³-hybridized carbons (Fsp3) is 0.316. The highest BCUT2D eigenvalue weighted by atomic mass is 79.9. The minimum absolute atomic E-state index is 0. The average molecular weight is 426 g/mol. The standard InChI is InChI=1S/C19H21BrN2O2.ClH/c20-15-8-10-16(11-9-15)24-18(14-4-2-1-3-5-14)19(23)22-17(12-21)13-6-7-13;/h1-5,8-11,13,17-18H,6-7,12,21H2,(H,22,23);1H. The Hall–Kier alpha value is -1.56. The van der Waals surface area contributed by atoms with Crippen molar-refractivity contribution in [3.05, 3.63) is 64.6 Å². The highest BCUT2D eigenvalue weighted by molar-refractivity contribution is 9.10. The highest BCUT2D eigenvalue weighted by Crippen LogP contribution is 2.33. The van der Waals surface area contributed by atoms with Gasteiger partial charge in [-0.05, 0) is 43.0 Å². The third-order valence-corrected chi connectivity index (χ3v) is 4.71. The second kappa shape index (κ2) is 9.22. The Morgan fingerprint density at radius 3 is 2.36 bits per heavy atom. The van der Waals surface area contributed by atoms with Gasteiger partial charge in [-0.3, -0.25) is 4.79 Å². The van der Waals surface area contributed by atoms with E-state index in [0.717, 1.165) is 22.9 Å². The van der Waals surface area contributed by atoms with E-state index in [-0.39, 0.29) is 24.4 Å². The summed E-state index contributed by atoms with van der Waals surface area (Å²) in [5.74, 6) is 1.01. The molecule has 0 spiro atoms. The van der Waals surface area contributed by atoms with Gasteiger partial charge in [0.15, 0.2) is 0 Å². The SMILES string of the molecule is Cl.NCC(NC(=O)C(Oc1ccc(Br)cc1)c1ccccc1)C1CC1. The molecular weight excluding hydrogens is 404 g/mol. The van der Waals surface area contributed by atoms with Gasteiger partial charge >= 0.3 is 0 Å². The summed E-state index contributed by atoms with van der Waals surface area (Å²) >= 11 is 3.40. The molecule has 4 nitrogen and oxygen atoms in total. The predicted molar refractivity (Wildman–Crippen MR) is 105 cm³/mol. The minimum Gasteiger partial charge on any atom is -0.476 e. The number of halogens is 2. The van der Waals surface area contributed by atoms with Gasteiger partial charge in [0.05, 0.1) is 0 Å². The van der Waals surface area contributed by atoms with Crippen LogP contribution in [-0.4, -0.2) is 18.5 Å². The van der Waals surface area contributed by atoms with Crippen molar-refractivity contribution in [1.29, 1.82) is 0 Å². The van der Waals surface area contributed by atoms with E-state index < -0.39 is 6.10 Å². The number of carbonyl (C=O) groups is 1. The summed E-state index contributed by atoms with van der Waals surface area (Å²) < 4.78 is 6.95. The fourth-order valence-electron chi connectivity index (χ4n) is 2.68. The lowest BCUT2D eigenvalue weighted by atomic mass is 10.1. The molecule has 6 heteroatoms. The molecule has 2 atom stereocenters. The van der Waals surface area contributed by atoms with Crippen LogP contribution in [0.25, 0.3) is 0 Å². The van der Waals surface area contributed by atoms with Crippen LogP contribution in [0.5, 0.6) is 5.75 Å². The number of nitrogens with two attached hydrogens (primary N) is 1. The van der Waals surface area contributed by atoms with E-state index >= 15 is 0 Å². The predicted octanol–water partition coefficient (Wildman–Crippen LogP) is 3.84. The molecule has 1 saturated carbocycles. The number of benzene rings is 2. The maximum atomic E-state index is 12.8. The van der Waals surface area contributed by atoms with Crippen LogP contribution in [0.4, 0.5) is 0 Å². The van der Waals surface area contributed by atoms with Gasteiger partial charge in [-0.1, -0.05) is 46.3 Å². The molecule has 2 aromatic carbocycles. The van der Waals surface area contributed by atoms with E-state index in [9.17, 15) is 4.79 Å². The molecule has 3 N–H and O–H groups in total. The van der Waals surface area contributed by atoms with Crippen molar-refractivity contribution >= 4 is 34.2 Å². The first-order chi connectivity index (χ1) is 11.7. The normalized spacial score (nSPS) is 15.6. The van der Waals surface area contributed by atoms with Crippen molar-refractivity contribution in [1.82, 2.24) is 5.32 Å². The minimum atomic E-state index is -0.694. The maximum Gasteiger partial charge on any atom is 0.266 e. The smallest absolute Gasteiger partial charge is 0.266 e. The molecule has 0 saturated heterocycles. The second-order valence-electron chi connectivity index (χ2n) is 6.05. The van der Waals surface area contributed by atoms with Gasteiger partial charge in [0.2, 0.25) is 6.10 Å². The summed E-state index contributed by atoms with van der Waals surface area (Å²) in [6, 6.07) is 17.0. The van der Waals surface area contributed by atoms with Crippen LogP contribution < -0.4 is 15.8 Å². The molecule has 1 amide bonds. The summed E-state index contributed by atoms with van der Waals surface area (Å²) in [6.45, 7) is 0.455. The Morgan fingerprint density at radius 1 is 1.16 bits per heavy atom. The molecule has 0 radical (unpaired) electrons. The number of amides is 1. The van der Waals surface area contributed by atoms with Gasteiger partial charge in [0.25, 0.3) is 5.91 Å². The fourth-order valence-corrected chi connectivity index (χ4v) is 2.94. The molecule has 134 valence electrons. The molecule has 2 unspecified atom stereocenters. The van der Waals surface area contributed by atoms with Crippen LogP contribution in [0.3, 0.4) is 0 Å². The monoisotopic (exact) mass is 424 g/mol. The highest BCUT2D eigenvalue weighted by Gasteiger charge is 2.33. The quantitative estimate of drug-likeness (QED) is 0.708. The van der Waals surface area contributed by atoms with E-state index in [2.05, 4.69) is 21.2 Å². The number of ether oxygens (including phenoxy) is 1. The first-order valence-electron chi connectivity index (χ1n) is 8.15. The van der Waals surface area contributed by atoms with Gasteiger partial charge in [0, 0.05) is 22.6 Å². The topological polar surface area (TPSA) is 64.3 Å². The van der Waals surface area contributed by atoms with Crippen molar-refractivity contribution in [3.8, 4) is 5.75 Å². The first kappa shape index (κ1) is 19.8. The molecule has 1 fully saturated rings. The molecule has 25 heavy (non-hydrogen) atoms. The molecular formula is C19H22BrClN2O2. The Kier molecular flexibility index (Phi) is 7.29. The third kappa shape index (κ3) is 5.46. The Morgan fingerprint density at radius 2 is 1.80 bits per heavy atom. The van der Waals surface area contributed by atoms with E-state index in [1.54, 1.807) is 0 Å². The van der Waals surface area contributed by atoms with Gasteiger partial charge in [-0.25, -0.2) is 0 Å². The summed E-state index contributed by atoms with van der Waals surface area (Å²) in [5.41, 5.74) is 6.63. The van der Waals surface area contributed by atoms with Gasteiger partial charge in [-0.15, -0.1) is 12.4 Å². The van der Waals surface area contributed by atoms with Crippen molar-refractivity contribution in [3.63, 3.8) is 0 Å². The number of nitrogens with one attached hydrogen (secondary N) is 1. The summed E-state index contributed by atoms with van der Waals surface area (Å²) in [6.07, 6.45) is 1.57. The maximum absolute atomic E-state index is 12.8. The summed E-state index contributed by atoms with van der Waals surface area (Å²) in [7, 11) is 0. The van der Waals surface area contributed by atoms with Gasteiger partial charge in [-0.2, -0.15) is 0 Å². The number of carbonyl (C=O) groups excluding carboxylic acids is 1. The molecule has 0 aromatic heterocycles. The number of hydrogen-bond donors (Lipinski definition) is 2. The lowest BCUT2D eigenvalue weighted by Crippen LogP contribution is -2.44. The molecule has 1 aliphatic rings. The zero-order valence-electron chi connectivity index (χ0n) is 13.7. The molecule has 1 aliphatic carbocycles. The van der Waals surface area contributed by atoms with E-state index in [1.165, 1.54) is 0 Å². The molecule has 2 aromatic rings. The Balaban J connectivity index is 0.00000225. The largest absolute Gasteiger partial charge is 0.476 e. The summed E-state index contributed by atoms with van der Waals surface area (Å²) in [4.78, 5) is 12.8. The van der Waals surface area contributed by atoms with Gasteiger partial charge < -0.3 is 15.8 Å². The molecule has 0 heterocycles. The van der Waals surface area contributed by atoms with Gasteiger partial charge in [0.1, 0.15) is 5.75 Å². The van der Waals surface area contributed by atoms with Crippen LogP contribution in [0.1, 0.15) is 24.5 Å². The zero-order chi connectivity index (χ0) is 16.9. The molecule has 0 bridgehead atoms. The van der Waals surface area contributed by atoms with Crippen molar-refractivity contribution < 1.29 is 9.53 Å². The van der Waals surface area contributed by atoms with Crippen molar-refractivity contribution in [2.45, 2.75) is 25.0 Å². The van der Waals surface area contributed by atoms with E-state index in [0.29, 0.717) is 18.2 Å². The second-order valence-corrected chi connectivity index (χ2v) is 6.97. The van der Waals surface area contributed by atoms with Crippen LogP contribution in [0, 0.1) is 5.92 Å². The van der Waals surface area contributed by atoms with Crippen molar-refractivity contribution in [2.24, 2.45) is 11.7 Å². The Labute approximate surface area is 162 Å². The number of hydrogen-bond acceptors (Lipinski definition) is 3. The third-order valence-electron chi connectivity index (χ3n) is 4.18. The molecule has 0 aliphatic heterocycles. The molecule has 3 rings (SSSR count). The lowest BCUT2D eigenvalue weighted by Gasteiger charge is -2.23. The number of rotatable bonds is 7. The van der Waals surface area contributed by atoms with E-state index in [1.807, 2.05) is 54.6 Å². The van der Waals surface area contributed by atoms with Crippen LogP contribution >= 0.6 is 28.3 Å². The Bertz CT molecular complexity index is 678. The first-order valence-corrected chi connectivity index (χ1v) is 8.94. The van der Waals surface area contributed by atoms with Crippen LogP contribution in [-0.2, 0) is 4.79 Å². The summed E-state index contributed by atoms with van der Waals surface area (Å²) in [5, 5.41) is 3.06. The van der Waals surface area contributed by atoms with Crippen LogP contribution in [0.15, 0.2) is 59.1 Å². The van der Waals surface area contributed by atoms with E-state index in [4.69, 9.17) is 10.5 Å². The van der Waals surface area contributed by atoms with Crippen molar-refractivity contribution in [2.75, 3.05) is 6.54 Å². The average Bonchev–Trinajstić information content (AvgIpc) is 3.44. The lowest BCUT2D eigenvalue weighted by molar-refractivity contribution is -0.129.